The Morgan fingerprint density at radius 1 is 0.818 bits per heavy atom. The van der Waals surface area contributed by atoms with E-state index in [2.05, 4.69) is 13.8 Å². The molecule has 4 nitrogen and oxygen atoms in total. The molecule has 0 bridgehead atoms. The highest BCUT2D eigenvalue weighted by Crippen LogP contribution is 2.18. The van der Waals surface area contributed by atoms with Crippen molar-refractivity contribution in [2.45, 2.75) is 86.4 Å². The highest BCUT2D eigenvalue weighted by molar-refractivity contribution is 5.73. The summed E-state index contributed by atoms with van der Waals surface area (Å²) in [6.07, 6.45) is 3.79. The molecule has 0 aromatic carbocycles. The number of hydrogen-bond acceptors (Lipinski definition) is 4. The van der Waals surface area contributed by atoms with Gasteiger partial charge >= 0.3 is 11.9 Å². The van der Waals surface area contributed by atoms with Gasteiger partial charge in [-0.05, 0) is 24.7 Å². The molecule has 0 aromatic heterocycles. The van der Waals surface area contributed by atoms with Crippen LogP contribution in [-0.2, 0) is 19.1 Å². The molecule has 0 heterocycles. The maximum atomic E-state index is 11.9. The average Bonchev–Trinajstić information content (AvgIpc) is 2.50. The van der Waals surface area contributed by atoms with Gasteiger partial charge in [0.1, 0.15) is 0 Å². The molecule has 4 unspecified atom stereocenters. The fourth-order valence-corrected chi connectivity index (χ4v) is 1.80. The summed E-state index contributed by atoms with van der Waals surface area (Å²) in [4.78, 5) is 23.9. The largest absolute Gasteiger partial charge is 0.425 e. The van der Waals surface area contributed by atoms with Crippen molar-refractivity contribution in [3.8, 4) is 0 Å². The van der Waals surface area contributed by atoms with Crippen LogP contribution in [0.25, 0.3) is 0 Å². The zero-order valence-electron chi connectivity index (χ0n) is 15.2. The van der Waals surface area contributed by atoms with E-state index in [0.29, 0.717) is 18.8 Å². The third kappa shape index (κ3) is 9.06. The van der Waals surface area contributed by atoms with E-state index in [1.54, 1.807) is 0 Å². The molecule has 0 aromatic rings. The minimum absolute atomic E-state index is 0.167. The maximum absolute atomic E-state index is 11.9. The van der Waals surface area contributed by atoms with Crippen LogP contribution in [0.2, 0.25) is 0 Å². The summed E-state index contributed by atoms with van der Waals surface area (Å²) in [6, 6.07) is 0. The van der Waals surface area contributed by atoms with Gasteiger partial charge in [-0.25, -0.2) is 0 Å². The molecule has 130 valence electrons. The Morgan fingerprint density at radius 2 is 1.41 bits per heavy atom. The van der Waals surface area contributed by atoms with Gasteiger partial charge in [0.15, 0.2) is 0 Å². The van der Waals surface area contributed by atoms with E-state index in [-0.39, 0.29) is 23.8 Å². The van der Waals surface area contributed by atoms with Crippen LogP contribution in [0.3, 0.4) is 0 Å². The minimum Gasteiger partial charge on any atom is -0.425 e. The fourth-order valence-electron chi connectivity index (χ4n) is 1.80. The zero-order valence-corrected chi connectivity index (χ0v) is 15.2. The molecule has 0 saturated carbocycles. The van der Waals surface area contributed by atoms with E-state index >= 15 is 0 Å². The first kappa shape index (κ1) is 20.9. The van der Waals surface area contributed by atoms with Crippen molar-refractivity contribution in [3.63, 3.8) is 0 Å². The topological polar surface area (TPSA) is 52.6 Å². The summed E-state index contributed by atoms with van der Waals surface area (Å²) < 4.78 is 10.8. The first-order valence-corrected chi connectivity index (χ1v) is 8.73. The van der Waals surface area contributed by atoms with Gasteiger partial charge in [0.05, 0.1) is 5.92 Å². The smallest absolute Gasteiger partial charge is 0.311 e. The standard InChI is InChI=1S/C18H34O4/c1-7-13(4)10-11-17(22-18(20)15(6)9-3)21-16(19)12-14(5)8-2/h13-15,17H,7-12H2,1-6H3. The molecular weight excluding hydrogens is 280 g/mol. The Hall–Kier alpha value is -1.06. The molecular formula is C18H34O4. The Balaban J connectivity index is 4.56. The van der Waals surface area contributed by atoms with Gasteiger partial charge < -0.3 is 9.47 Å². The third-order valence-corrected chi connectivity index (χ3v) is 4.33. The van der Waals surface area contributed by atoms with Gasteiger partial charge in [0, 0.05) is 12.8 Å². The molecule has 0 N–H and O–H groups in total. The molecule has 0 spiro atoms. The quantitative estimate of drug-likeness (QED) is 0.409. The highest BCUT2D eigenvalue weighted by atomic mass is 16.7. The zero-order chi connectivity index (χ0) is 17.1. The molecule has 0 fully saturated rings. The van der Waals surface area contributed by atoms with Crippen LogP contribution < -0.4 is 0 Å². The summed E-state index contributed by atoms with van der Waals surface area (Å²) in [7, 11) is 0. The lowest BCUT2D eigenvalue weighted by Crippen LogP contribution is -2.28. The Morgan fingerprint density at radius 3 is 1.91 bits per heavy atom. The van der Waals surface area contributed by atoms with Gasteiger partial charge in [-0.2, -0.15) is 0 Å². The van der Waals surface area contributed by atoms with Crippen LogP contribution in [0.4, 0.5) is 0 Å². The van der Waals surface area contributed by atoms with Crippen molar-refractivity contribution < 1.29 is 19.1 Å². The summed E-state index contributed by atoms with van der Waals surface area (Å²) in [6.45, 7) is 12.1. The van der Waals surface area contributed by atoms with E-state index in [1.165, 1.54) is 0 Å². The van der Waals surface area contributed by atoms with Crippen LogP contribution in [0.1, 0.15) is 80.1 Å². The predicted octanol–water partition coefficient (Wildman–Crippen LogP) is 4.71. The number of rotatable bonds is 11. The Labute approximate surface area is 135 Å². The van der Waals surface area contributed by atoms with Crippen molar-refractivity contribution in [3.05, 3.63) is 0 Å². The van der Waals surface area contributed by atoms with Crippen LogP contribution in [0.5, 0.6) is 0 Å². The summed E-state index contributed by atoms with van der Waals surface area (Å²) in [5.74, 6) is 0.0823. The number of carbonyl (C=O) groups is 2. The van der Waals surface area contributed by atoms with Crippen LogP contribution in [-0.4, -0.2) is 18.2 Å². The lowest BCUT2D eigenvalue weighted by molar-refractivity contribution is -0.192. The van der Waals surface area contributed by atoms with Gasteiger partial charge in [0.25, 0.3) is 0 Å². The minimum atomic E-state index is -0.743. The Kier molecular flexibility index (Phi) is 10.9. The van der Waals surface area contributed by atoms with Crippen molar-refractivity contribution in [1.29, 1.82) is 0 Å². The third-order valence-electron chi connectivity index (χ3n) is 4.33. The number of ether oxygens (including phenoxy) is 2. The second-order valence-corrected chi connectivity index (χ2v) is 6.47. The summed E-state index contributed by atoms with van der Waals surface area (Å²) >= 11 is 0. The number of hydrogen-bond donors (Lipinski definition) is 0. The second-order valence-electron chi connectivity index (χ2n) is 6.47. The molecule has 22 heavy (non-hydrogen) atoms. The van der Waals surface area contributed by atoms with Crippen molar-refractivity contribution in [2.75, 3.05) is 0 Å². The molecule has 0 amide bonds. The van der Waals surface area contributed by atoms with Crippen LogP contribution in [0.15, 0.2) is 0 Å². The summed E-state index contributed by atoms with van der Waals surface area (Å²) in [5.41, 5.74) is 0. The van der Waals surface area contributed by atoms with E-state index in [4.69, 9.17) is 9.47 Å². The molecule has 0 aliphatic heterocycles. The lowest BCUT2D eigenvalue weighted by Gasteiger charge is -2.22. The van der Waals surface area contributed by atoms with Crippen LogP contribution in [0, 0.1) is 17.8 Å². The summed E-state index contributed by atoms with van der Waals surface area (Å²) in [5, 5.41) is 0. The SMILES string of the molecule is CCC(C)CCC(OC(=O)CC(C)CC)OC(=O)C(C)CC. The molecule has 4 atom stereocenters. The normalized spacial score (nSPS) is 16.5. The Bertz CT molecular complexity index is 327. The molecule has 0 aliphatic carbocycles. The van der Waals surface area contributed by atoms with Crippen molar-refractivity contribution >= 4 is 11.9 Å². The van der Waals surface area contributed by atoms with Gasteiger partial charge in [-0.1, -0.05) is 54.4 Å². The van der Waals surface area contributed by atoms with E-state index in [1.807, 2.05) is 27.7 Å². The van der Waals surface area contributed by atoms with Crippen LogP contribution >= 0.6 is 0 Å². The average molecular weight is 314 g/mol. The molecule has 0 radical (unpaired) electrons. The molecule has 0 aliphatic rings. The van der Waals surface area contributed by atoms with E-state index in [0.717, 1.165) is 25.7 Å². The second kappa shape index (κ2) is 11.5. The molecule has 0 rings (SSSR count). The highest BCUT2D eigenvalue weighted by Gasteiger charge is 2.23. The van der Waals surface area contributed by atoms with E-state index in [9.17, 15) is 9.59 Å². The first-order chi connectivity index (χ1) is 10.3. The predicted molar refractivity (Wildman–Crippen MR) is 88.2 cm³/mol. The number of carbonyl (C=O) groups excluding carboxylic acids is 2. The molecule has 0 saturated heterocycles. The van der Waals surface area contributed by atoms with E-state index < -0.39 is 6.29 Å². The van der Waals surface area contributed by atoms with Gasteiger partial charge in [-0.3, -0.25) is 9.59 Å². The van der Waals surface area contributed by atoms with Gasteiger partial charge in [-0.15, -0.1) is 0 Å². The number of esters is 2. The monoisotopic (exact) mass is 314 g/mol. The fraction of sp³-hybridized carbons (Fsp3) is 0.889. The molecule has 4 heteroatoms. The van der Waals surface area contributed by atoms with Crippen molar-refractivity contribution in [2.24, 2.45) is 17.8 Å². The van der Waals surface area contributed by atoms with Crippen molar-refractivity contribution in [1.82, 2.24) is 0 Å². The lowest BCUT2D eigenvalue weighted by atomic mass is 10.0. The maximum Gasteiger partial charge on any atom is 0.311 e. The first-order valence-electron chi connectivity index (χ1n) is 8.73. The van der Waals surface area contributed by atoms with Gasteiger partial charge in [0.2, 0.25) is 6.29 Å².